The zero-order chi connectivity index (χ0) is 15.3. The van der Waals surface area contributed by atoms with Gasteiger partial charge in [0.05, 0.1) is 11.8 Å². The second-order valence-corrected chi connectivity index (χ2v) is 7.58. The lowest BCUT2D eigenvalue weighted by Gasteiger charge is -2.12. The topological polar surface area (TPSA) is 89.3 Å². The molecule has 9 heteroatoms. The molecule has 0 fully saturated rings. The Bertz CT molecular complexity index is 593. The zero-order valence-corrected chi connectivity index (χ0v) is 14.5. The average Bonchev–Trinajstić information content (AvgIpc) is 2.33. The van der Waals surface area contributed by atoms with Crippen molar-refractivity contribution in [3.05, 3.63) is 33.8 Å². The number of hydrogen-bond acceptors (Lipinski definition) is 4. The number of carbonyl (C=O) groups is 1. The first kappa shape index (κ1) is 20.5. The Morgan fingerprint density at radius 2 is 2.00 bits per heavy atom. The first-order chi connectivity index (χ1) is 9.19. The van der Waals surface area contributed by atoms with Gasteiger partial charge in [-0.15, -0.1) is 12.4 Å². The molecule has 0 bridgehead atoms. The summed E-state index contributed by atoms with van der Waals surface area (Å²) in [4.78, 5) is 11.7. The van der Waals surface area contributed by atoms with Crippen molar-refractivity contribution in [3.8, 4) is 0 Å². The van der Waals surface area contributed by atoms with Crippen molar-refractivity contribution in [1.82, 2.24) is 5.32 Å². The van der Waals surface area contributed by atoms with E-state index >= 15 is 0 Å². The number of hydrogen-bond donors (Lipinski definition) is 2. The quantitative estimate of drug-likeness (QED) is 0.793. The Morgan fingerprint density at radius 3 is 2.52 bits per heavy atom. The number of rotatable bonds is 6. The third-order valence-electron chi connectivity index (χ3n) is 2.60. The van der Waals surface area contributed by atoms with E-state index in [1.807, 2.05) is 0 Å². The van der Waals surface area contributed by atoms with E-state index in [-0.39, 0.29) is 31.1 Å². The van der Waals surface area contributed by atoms with Crippen LogP contribution in [0.15, 0.2) is 18.2 Å². The number of sulfone groups is 1. The molecule has 0 saturated heterocycles. The Labute approximate surface area is 140 Å². The van der Waals surface area contributed by atoms with E-state index in [0.29, 0.717) is 15.6 Å². The van der Waals surface area contributed by atoms with Gasteiger partial charge in [0.15, 0.2) is 0 Å². The van der Waals surface area contributed by atoms with Crippen LogP contribution < -0.4 is 11.1 Å². The van der Waals surface area contributed by atoms with Gasteiger partial charge in [-0.1, -0.05) is 29.3 Å². The Morgan fingerprint density at radius 1 is 1.38 bits per heavy atom. The summed E-state index contributed by atoms with van der Waals surface area (Å²) >= 11 is 11.7. The van der Waals surface area contributed by atoms with Crippen LogP contribution in [0.25, 0.3) is 0 Å². The van der Waals surface area contributed by atoms with Gasteiger partial charge < -0.3 is 11.1 Å². The monoisotopic (exact) mass is 374 g/mol. The smallest absolute Gasteiger partial charge is 0.237 e. The highest BCUT2D eigenvalue weighted by atomic mass is 35.5. The number of halogens is 3. The summed E-state index contributed by atoms with van der Waals surface area (Å²) in [5, 5.41) is 3.56. The van der Waals surface area contributed by atoms with Crippen molar-refractivity contribution >= 4 is 51.4 Å². The predicted molar refractivity (Wildman–Crippen MR) is 87.9 cm³/mol. The maximum atomic E-state index is 11.7. The normalized spacial score (nSPS) is 12.4. The molecule has 0 aliphatic heterocycles. The lowest BCUT2D eigenvalue weighted by atomic mass is 10.2. The highest BCUT2D eigenvalue weighted by Crippen LogP contribution is 2.20. The lowest BCUT2D eigenvalue weighted by Crippen LogP contribution is -2.41. The molecule has 0 saturated carbocycles. The molecule has 1 aromatic carbocycles. The van der Waals surface area contributed by atoms with E-state index in [0.717, 1.165) is 6.26 Å². The summed E-state index contributed by atoms with van der Waals surface area (Å²) in [5.41, 5.74) is 6.33. The molecule has 120 valence electrons. The van der Waals surface area contributed by atoms with Gasteiger partial charge in [-0.3, -0.25) is 4.79 Å². The molecule has 21 heavy (non-hydrogen) atoms. The van der Waals surface area contributed by atoms with Crippen molar-refractivity contribution in [2.24, 2.45) is 5.73 Å². The van der Waals surface area contributed by atoms with Crippen molar-refractivity contribution in [2.75, 3.05) is 12.0 Å². The van der Waals surface area contributed by atoms with Crippen LogP contribution in [0.2, 0.25) is 10.0 Å². The van der Waals surface area contributed by atoms with Crippen LogP contribution in [0.1, 0.15) is 12.0 Å². The van der Waals surface area contributed by atoms with Crippen molar-refractivity contribution < 1.29 is 13.2 Å². The maximum absolute atomic E-state index is 11.7. The van der Waals surface area contributed by atoms with Crippen molar-refractivity contribution in [2.45, 2.75) is 19.0 Å². The molecule has 0 aliphatic carbocycles. The lowest BCUT2D eigenvalue weighted by molar-refractivity contribution is -0.122. The minimum atomic E-state index is -3.13. The van der Waals surface area contributed by atoms with Crippen LogP contribution in [0, 0.1) is 0 Å². The molecule has 0 aromatic heterocycles. The van der Waals surface area contributed by atoms with E-state index in [9.17, 15) is 13.2 Å². The molecule has 1 unspecified atom stereocenters. The van der Waals surface area contributed by atoms with Gasteiger partial charge in [0.1, 0.15) is 9.84 Å². The molecule has 0 spiro atoms. The standard InChI is InChI=1S/C12H16Cl2N2O3S.ClH/c1-20(18,19)5-4-11(15)12(17)16-7-8-2-3-9(13)6-10(8)14;/h2-3,6,11H,4-5,7,15H2,1H3,(H,16,17);1H. The summed E-state index contributed by atoms with van der Waals surface area (Å²) in [6.07, 6.45) is 1.18. The zero-order valence-electron chi connectivity index (χ0n) is 11.3. The summed E-state index contributed by atoms with van der Waals surface area (Å²) < 4.78 is 22.0. The molecule has 3 N–H and O–H groups in total. The van der Waals surface area contributed by atoms with E-state index < -0.39 is 21.8 Å². The number of carbonyl (C=O) groups excluding carboxylic acids is 1. The molecule has 5 nitrogen and oxygen atoms in total. The Balaban J connectivity index is 0.00000400. The third kappa shape index (κ3) is 7.87. The maximum Gasteiger partial charge on any atom is 0.237 e. The minimum Gasteiger partial charge on any atom is -0.351 e. The van der Waals surface area contributed by atoms with Gasteiger partial charge in [0, 0.05) is 22.8 Å². The fraction of sp³-hybridized carbons (Fsp3) is 0.417. The molecule has 1 atom stereocenters. The number of benzene rings is 1. The van der Waals surface area contributed by atoms with Crippen LogP contribution in [0.5, 0.6) is 0 Å². The first-order valence-electron chi connectivity index (χ1n) is 5.84. The summed E-state index contributed by atoms with van der Waals surface area (Å²) in [6, 6.07) is 4.08. The van der Waals surface area contributed by atoms with Crippen LogP contribution in [0.3, 0.4) is 0 Å². The Kier molecular flexibility index (Phi) is 8.58. The van der Waals surface area contributed by atoms with Crippen LogP contribution in [-0.4, -0.2) is 32.4 Å². The first-order valence-corrected chi connectivity index (χ1v) is 8.65. The second-order valence-electron chi connectivity index (χ2n) is 4.48. The minimum absolute atomic E-state index is 0. The molecule has 0 aliphatic rings. The fourth-order valence-electron chi connectivity index (χ4n) is 1.45. The summed E-state index contributed by atoms with van der Waals surface area (Å²) in [7, 11) is -3.13. The van der Waals surface area contributed by atoms with Gasteiger partial charge in [0.25, 0.3) is 0 Å². The van der Waals surface area contributed by atoms with E-state index in [1.54, 1.807) is 18.2 Å². The molecule has 1 aromatic rings. The van der Waals surface area contributed by atoms with Crippen LogP contribution in [0.4, 0.5) is 0 Å². The predicted octanol–water partition coefficient (Wildman–Crippen LogP) is 1.79. The number of amides is 1. The SMILES string of the molecule is CS(=O)(=O)CCC(N)C(=O)NCc1ccc(Cl)cc1Cl.Cl. The average molecular weight is 376 g/mol. The Hall–Kier alpha value is -0.530. The fourth-order valence-corrected chi connectivity index (χ4v) is 2.61. The van der Waals surface area contributed by atoms with Crippen molar-refractivity contribution in [1.29, 1.82) is 0 Å². The number of nitrogens with one attached hydrogen (secondary N) is 1. The van der Waals surface area contributed by atoms with E-state index in [1.165, 1.54) is 0 Å². The third-order valence-corrected chi connectivity index (χ3v) is 4.17. The highest BCUT2D eigenvalue weighted by molar-refractivity contribution is 7.90. The summed E-state index contributed by atoms with van der Waals surface area (Å²) in [5.74, 6) is -0.539. The van der Waals surface area contributed by atoms with E-state index in [2.05, 4.69) is 5.32 Å². The van der Waals surface area contributed by atoms with Crippen molar-refractivity contribution in [3.63, 3.8) is 0 Å². The van der Waals surface area contributed by atoms with Gasteiger partial charge in [0.2, 0.25) is 5.91 Å². The van der Waals surface area contributed by atoms with Gasteiger partial charge >= 0.3 is 0 Å². The largest absolute Gasteiger partial charge is 0.351 e. The van der Waals surface area contributed by atoms with E-state index in [4.69, 9.17) is 28.9 Å². The summed E-state index contributed by atoms with van der Waals surface area (Å²) in [6.45, 7) is 0.210. The molecular weight excluding hydrogens is 359 g/mol. The van der Waals surface area contributed by atoms with Crippen LogP contribution in [-0.2, 0) is 21.2 Å². The van der Waals surface area contributed by atoms with Crippen LogP contribution >= 0.6 is 35.6 Å². The van der Waals surface area contributed by atoms with Gasteiger partial charge in [-0.2, -0.15) is 0 Å². The molecule has 1 amide bonds. The van der Waals surface area contributed by atoms with Gasteiger partial charge in [-0.05, 0) is 24.1 Å². The molecule has 1 rings (SSSR count). The highest BCUT2D eigenvalue weighted by Gasteiger charge is 2.16. The van der Waals surface area contributed by atoms with Gasteiger partial charge in [-0.25, -0.2) is 8.42 Å². The number of nitrogens with two attached hydrogens (primary N) is 1. The molecule has 0 heterocycles. The molecule has 0 radical (unpaired) electrons. The molecular formula is C12H17Cl3N2O3S. The second kappa shape index (κ2) is 8.80.